The molecule has 0 spiro atoms. The number of nitrogens with zero attached hydrogens (tertiary/aromatic N) is 2. The Balaban J connectivity index is 2.07. The number of nitrogens with two attached hydrogens (primary N) is 1. The number of amides is 2. The molecule has 2 N–H and O–H groups in total. The normalized spacial score (nSPS) is 21.1. The molecule has 0 aromatic heterocycles. The van der Waals surface area contributed by atoms with Gasteiger partial charge in [-0.1, -0.05) is 28.1 Å². The molecule has 0 radical (unpaired) electrons. The van der Waals surface area contributed by atoms with Crippen molar-refractivity contribution in [2.45, 2.75) is 25.4 Å². The zero-order chi connectivity index (χ0) is 14.0. The molecule has 2 unspecified atom stereocenters. The van der Waals surface area contributed by atoms with E-state index >= 15 is 0 Å². The Morgan fingerprint density at radius 1 is 1.42 bits per heavy atom. The van der Waals surface area contributed by atoms with Crippen molar-refractivity contribution in [1.82, 2.24) is 9.80 Å². The van der Waals surface area contributed by atoms with Gasteiger partial charge in [0.2, 0.25) is 0 Å². The number of hydrogen-bond donors (Lipinski definition) is 1. The smallest absolute Gasteiger partial charge is 0.320 e. The van der Waals surface area contributed by atoms with E-state index in [2.05, 4.69) is 28.1 Å². The Morgan fingerprint density at radius 3 is 2.63 bits per heavy atom. The summed E-state index contributed by atoms with van der Waals surface area (Å²) in [6.07, 6.45) is 0.840. The minimum atomic E-state index is 0.0913. The molecule has 1 aromatic rings. The highest BCUT2D eigenvalue weighted by atomic mass is 79.9. The lowest BCUT2D eigenvalue weighted by Gasteiger charge is -2.18. The quantitative estimate of drug-likeness (QED) is 0.925. The van der Waals surface area contributed by atoms with Gasteiger partial charge in [0.1, 0.15) is 0 Å². The lowest BCUT2D eigenvalue weighted by atomic mass is 10.1. The summed E-state index contributed by atoms with van der Waals surface area (Å²) >= 11 is 3.43. The summed E-state index contributed by atoms with van der Waals surface area (Å²) in [5.74, 6) is 0. The van der Waals surface area contributed by atoms with Crippen LogP contribution in [-0.2, 0) is 0 Å². The Bertz CT molecular complexity index is 447. The molecule has 4 nitrogen and oxygen atoms in total. The van der Waals surface area contributed by atoms with Gasteiger partial charge in [0.05, 0.1) is 6.04 Å². The number of hydrogen-bond acceptors (Lipinski definition) is 2. The average molecular weight is 326 g/mol. The molecule has 2 atom stereocenters. The number of carbonyl (C=O) groups is 1. The highest BCUT2D eigenvalue weighted by Crippen LogP contribution is 2.28. The average Bonchev–Trinajstić information content (AvgIpc) is 2.65. The van der Waals surface area contributed by atoms with E-state index in [4.69, 9.17) is 5.73 Å². The lowest BCUT2D eigenvalue weighted by Crippen LogP contribution is -2.32. The zero-order valence-electron chi connectivity index (χ0n) is 11.3. The highest BCUT2D eigenvalue weighted by molar-refractivity contribution is 9.10. The van der Waals surface area contributed by atoms with Crippen molar-refractivity contribution in [2.75, 3.05) is 20.1 Å². The van der Waals surface area contributed by atoms with Crippen LogP contribution in [0.15, 0.2) is 28.7 Å². The standard InChI is InChI=1S/C14H20BrN3O/c1-10(16)7-8-18-9-13(17(2)14(18)19)11-3-5-12(15)6-4-11/h3-6,10,13H,7-9,16H2,1-2H3. The molecule has 0 aliphatic carbocycles. The minimum Gasteiger partial charge on any atom is -0.328 e. The first-order valence-electron chi connectivity index (χ1n) is 6.52. The van der Waals surface area contributed by atoms with E-state index in [1.165, 1.54) is 5.56 Å². The van der Waals surface area contributed by atoms with Gasteiger partial charge >= 0.3 is 6.03 Å². The van der Waals surface area contributed by atoms with Crippen LogP contribution < -0.4 is 5.73 Å². The van der Waals surface area contributed by atoms with Gasteiger partial charge < -0.3 is 15.5 Å². The Labute approximate surface area is 122 Å². The second-order valence-corrected chi connectivity index (χ2v) is 6.09. The van der Waals surface area contributed by atoms with Gasteiger partial charge in [0, 0.05) is 30.7 Å². The maximum absolute atomic E-state index is 12.2. The van der Waals surface area contributed by atoms with Crippen molar-refractivity contribution in [3.05, 3.63) is 34.3 Å². The fourth-order valence-electron chi connectivity index (χ4n) is 2.33. The molecule has 5 heteroatoms. The fourth-order valence-corrected chi connectivity index (χ4v) is 2.59. The molecule has 104 valence electrons. The van der Waals surface area contributed by atoms with E-state index < -0.39 is 0 Å². The van der Waals surface area contributed by atoms with E-state index in [1.54, 1.807) is 0 Å². The largest absolute Gasteiger partial charge is 0.328 e. The van der Waals surface area contributed by atoms with Gasteiger partial charge in [0.15, 0.2) is 0 Å². The van der Waals surface area contributed by atoms with E-state index in [-0.39, 0.29) is 18.1 Å². The van der Waals surface area contributed by atoms with Crippen LogP contribution >= 0.6 is 15.9 Å². The van der Waals surface area contributed by atoms with Crippen LogP contribution in [-0.4, -0.2) is 42.0 Å². The maximum atomic E-state index is 12.2. The number of rotatable bonds is 4. The number of likely N-dealkylation sites (N-methyl/N-ethyl adjacent to an activating group) is 1. The molecule has 0 saturated carbocycles. The second kappa shape index (κ2) is 5.92. The topological polar surface area (TPSA) is 49.6 Å². The molecule has 2 amide bonds. The number of carbonyl (C=O) groups excluding carboxylic acids is 1. The number of halogens is 1. The van der Waals surface area contributed by atoms with Crippen LogP contribution in [0.4, 0.5) is 4.79 Å². The van der Waals surface area contributed by atoms with Crippen molar-refractivity contribution in [3.63, 3.8) is 0 Å². The van der Waals surface area contributed by atoms with Crippen LogP contribution in [0.2, 0.25) is 0 Å². The van der Waals surface area contributed by atoms with E-state index in [0.29, 0.717) is 0 Å². The summed E-state index contributed by atoms with van der Waals surface area (Å²) in [4.78, 5) is 15.9. The third kappa shape index (κ3) is 3.28. The van der Waals surface area contributed by atoms with Gasteiger partial charge in [-0.3, -0.25) is 0 Å². The van der Waals surface area contributed by atoms with Crippen molar-refractivity contribution in [3.8, 4) is 0 Å². The third-order valence-corrected chi connectivity index (χ3v) is 4.07. The third-order valence-electron chi connectivity index (χ3n) is 3.54. The van der Waals surface area contributed by atoms with Crippen LogP contribution in [0.25, 0.3) is 0 Å². The summed E-state index contributed by atoms with van der Waals surface area (Å²) in [5.41, 5.74) is 6.93. The van der Waals surface area contributed by atoms with Crippen LogP contribution in [0.5, 0.6) is 0 Å². The fraction of sp³-hybridized carbons (Fsp3) is 0.500. The summed E-state index contributed by atoms with van der Waals surface area (Å²) in [6.45, 7) is 3.44. The predicted octanol–water partition coefficient (Wildman–Crippen LogP) is 2.59. The summed E-state index contributed by atoms with van der Waals surface area (Å²) in [6, 6.07) is 8.50. The van der Waals surface area contributed by atoms with E-state index in [1.807, 2.05) is 35.9 Å². The predicted molar refractivity (Wildman–Crippen MR) is 79.9 cm³/mol. The Kier molecular flexibility index (Phi) is 4.47. The first-order valence-corrected chi connectivity index (χ1v) is 7.31. The van der Waals surface area contributed by atoms with Crippen molar-refractivity contribution in [2.24, 2.45) is 5.73 Å². The van der Waals surface area contributed by atoms with Crippen molar-refractivity contribution >= 4 is 22.0 Å². The first-order chi connectivity index (χ1) is 8.99. The first kappa shape index (κ1) is 14.3. The second-order valence-electron chi connectivity index (χ2n) is 5.17. The van der Waals surface area contributed by atoms with Gasteiger partial charge in [-0.05, 0) is 31.0 Å². The van der Waals surface area contributed by atoms with E-state index in [9.17, 15) is 4.79 Å². The highest BCUT2D eigenvalue weighted by Gasteiger charge is 2.35. The molecular weight excluding hydrogens is 306 g/mol. The van der Waals surface area contributed by atoms with Crippen LogP contribution in [0, 0.1) is 0 Å². The van der Waals surface area contributed by atoms with Gasteiger partial charge in [-0.15, -0.1) is 0 Å². The minimum absolute atomic E-state index is 0.0913. The van der Waals surface area contributed by atoms with Gasteiger partial charge in [-0.2, -0.15) is 0 Å². The molecule has 1 heterocycles. The SMILES string of the molecule is CC(N)CCN1CC(c2ccc(Br)cc2)N(C)C1=O. The Hall–Kier alpha value is -1.07. The van der Waals surface area contributed by atoms with E-state index in [0.717, 1.165) is 24.0 Å². The molecule has 2 rings (SSSR count). The molecular formula is C14H20BrN3O. The summed E-state index contributed by atoms with van der Waals surface area (Å²) in [5, 5.41) is 0. The molecule has 1 fully saturated rings. The van der Waals surface area contributed by atoms with Crippen LogP contribution in [0.3, 0.4) is 0 Å². The monoisotopic (exact) mass is 325 g/mol. The van der Waals surface area contributed by atoms with Gasteiger partial charge in [-0.25, -0.2) is 4.79 Å². The summed E-state index contributed by atoms with van der Waals surface area (Å²) < 4.78 is 1.05. The van der Waals surface area contributed by atoms with Crippen molar-refractivity contribution in [1.29, 1.82) is 0 Å². The van der Waals surface area contributed by atoms with Crippen LogP contribution in [0.1, 0.15) is 24.9 Å². The summed E-state index contributed by atoms with van der Waals surface area (Å²) in [7, 11) is 1.86. The number of benzene rings is 1. The molecule has 19 heavy (non-hydrogen) atoms. The molecule has 1 aliphatic rings. The Morgan fingerprint density at radius 2 is 2.05 bits per heavy atom. The maximum Gasteiger partial charge on any atom is 0.320 e. The van der Waals surface area contributed by atoms with Crippen molar-refractivity contribution < 1.29 is 4.79 Å². The number of urea groups is 1. The van der Waals surface area contributed by atoms with Gasteiger partial charge in [0.25, 0.3) is 0 Å². The molecule has 1 aliphatic heterocycles. The molecule has 0 bridgehead atoms. The molecule has 1 aromatic carbocycles. The molecule has 1 saturated heterocycles. The lowest BCUT2D eigenvalue weighted by molar-refractivity contribution is 0.194. The zero-order valence-corrected chi connectivity index (χ0v) is 12.9.